The molecule has 0 radical (unpaired) electrons. The Morgan fingerprint density at radius 2 is 1.79 bits per heavy atom. The summed E-state index contributed by atoms with van der Waals surface area (Å²) in [6, 6.07) is 15.8. The average Bonchev–Trinajstić information content (AvgIpc) is 3.16. The van der Waals surface area contributed by atoms with Crippen molar-refractivity contribution in [3.63, 3.8) is 0 Å². The molecule has 1 aliphatic carbocycles. The molecule has 2 aliphatic rings. The number of hydrogen-bond donors (Lipinski definition) is 1. The second kappa shape index (κ2) is 6.60. The first-order valence-corrected chi connectivity index (χ1v) is 9.71. The number of allylic oxidation sites excluding steroid dienone is 2. The van der Waals surface area contributed by atoms with Gasteiger partial charge in [0.1, 0.15) is 12.1 Å². The largest absolute Gasteiger partial charge is 0.328 e. The fraction of sp³-hybridized carbons (Fsp3) is 0.227. The van der Waals surface area contributed by atoms with E-state index in [0.29, 0.717) is 17.4 Å². The van der Waals surface area contributed by atoms with E-state index < -0.39 is 0 Å². The van der Waals surface area contributed by atoms with E-state index in [4.69, 9.17) is 11.6 Å². The van der Waals surface area contributed by atoms with Crippen molar-refractivity contribution in [3.8, 4) is 0 Å². The summed E-state index contributed by atoms with van der Waals surface area (Å²) in [7, 11) is 0. The van der Waals surface area contributed by atoms with Crippen LogP contribution < -0.4 is 5.32 Å². The van der Waals surface area contributed by atoms with Gasteiger partial charge < -0.3 is 5.32 Å². The van der Waals surface area contributed by atoms with Crippen LogP contribution in [-0.4, -0.2) is 20.5 Å². The number of benzene rings is 2. The lowest BCUT2D eigenvalue weighted by atomic mass is 9.75. The van der Waals surface area contributed by atoms with Gasteiger partial charge in [0.15, 0.2) is 0 Å². The second-order valence-electron chi connectivity index (χ2n) is 7.44. The van der Waals surface area contributed by atoms with E-state index in [1.54, 1.807) is 0 Å². The summed E-state index contributed by atoms with van der Waals surface area (Å²) >= 11 is 6.02. The highest BCUT2D eigenvalue weighted by molar-refractivity contribution is 6.30. The van der Waals surface area contributed by atoms with Gasteiger partial charge in [-0.15, -0.1) is 0 Å². The number of carbonyl (C=O) groups is 1. The van der Waals surface area contributed by atoms with Gasteiger partial charge in [0.05, 0.1) is 12.0 Å². The zero-order chi connectivity index (χ0) is 19.3. The van der Waals surface area contributed by atoms with Crippen LogP contribution in [0.15, 0.2) is 66.6 Å². The molecular weight excluding hydrogens is 372 g/mol. The Balaban J connectivity index is 1.60. The summed E-state index contributed by atoms with van der Waals surface area (Å²) in [4.78, 5) is 17.6. The first kappa shape index (κ1) is 17.2. The molecule has 0 bridgehead atoms. The number of aromatic nitrogens is 3. The number of halogens is 1. The molecule has 2 heterocycles. The van der Waals surface area contributed by atoms with Crippen LogP contribution >= 0.6 is 11.6 Å². The number of ketones is 1. The average molecular weight is 391 g/mol. The van der Waals surface area contributed by atoms with Crippen molar-refractivity contribution in [2.24, 2.45) is 5.92 Å². The van der Waals surface area contributed by atoms with Gasteiger partial charge in [-0.1, -0.05) is 59.6 Å². The topological polar surface area (TPSA) is 59.8 Å². The SMILES string of the molecule is Cc1ccc([C@H]2[C@@H]3C(=O)C[C@H](c4ccc(Cl)cc4)C=C3Nc3ncnn32)cc1. The maximum Gasteiger partial charge on any atom is 0.226 e. The maximum absolute atomic E-state index is 13.3. The van der Waals surface area contributed by atoms with Gasteiger partial charge in [-0.2, -0.15) is 10.1 Å². The fourth-order valence-electron chi connectivity index (χ4n) is 4.20. The molecule has 0 saturated carbocycles. The molecule has 0 saturated heterocycles. The summed E-state index contributed by atoms with van der Waals surface area (Å²) in [5, 5.41) is 8.43. The maximum atomic E-state index is 13.3. The Hall–Kier alpha value is -2.92. The minimum absolute atomic E-state index is 0.0247. The van der Waals surface area contributed by atoms with Gasteiger partial charge in [0, 0.05) is 23.1 Å². The van der Waals surface area contributed by atoms with Crippen molar-refractivity contribution in [1.82, 2.24) is 14.8 Å². The quantitative estimate of drug-likeness (QED) is 0.699. The summed E-state index contributed by atoms with van der Waals surface area (Å²) in [5.41, 5.74) is 4.24. The van der Waals surface area contributed by atoms with Crippen LogP contribution in [0.25, 0.3) is 0 Å². The summed E-state index contributed by atoms with van der Waals surface area (Å²) < 4.78 is 1.83. The van der Waals surface area contributed by atoms with Crippen molar-refractivity contribution in [3.05, 3.63) is 88.3 Å². The highest BCUT2D eigenvalue weighted by atomic mass is 35.5. The Bertz CT molecular complexity index is 1070. The van der Waals surface area contributed by atoms with Crippen LogP contribution in [0.5, 0.6) is 0 Å². The van der Waals surface area contributed by atoms with Gasteiger partial charge in [-0.05, 0) is 30.2 Å². The molecule has 0 spiro atoms. The number of anilines is 1. The van der Waals surface area contributed by atoms with Crippen LogP contribution in [0.1, 0.15) is 35.1 Å². The summed E-state index contributed by atoms with van der Waals surface area (Å²) in [6.07, 6.45) is 4.15. The predicted molar refractivity (Wildman–Crippen MR) is 108 cm³/mol. The molecule has 0 unspecified atom stereocenters. The third-order valence-electron chi connectivity index (χ3n) is 5.61. The normalized spacial score (nSPS) is 23.4. The molecule has 3 atom stereocenters. The van der Waals surface area contributed by atoms with E-state index >= 15 is 0 Å². The molecule has 1 N–H and O–H groups in total. The van der Waals surface area contributed by atoms with E-state index in [1.165, 1.54) is 11.9 Å². The molecule has 1 aromatic heterocycles. The van der Waals surface area contributed by atoms with Crippen molar-refractivity contribution < 1.29 is 4.79 Å². The minimum Gasteiger partial charge on any atom is -0.328 e. The Kier molecular flexibility index (Phi) is 4.05. The zero-order valence-corrected chi connectivity index (χ0v) is 16.1. The first-order chi connectivity index (χ1) is 13.6. The smallest absolute Gasteiger partial charge is 0.226 e. The third kappa shape index (κ3) is 2.83. The van der Waals surface area contributed by atoms with Gasteiger partial charge in [-0.25, -0.2) is 4.68 Å². The van der Waals surface area contributed by atoms with Crippen molar-refractivity contribution >= 4 is 23.3 Å². The lowest BCUT2D eigenvalue weighted by Crippen LogP contribution is -2.40. The Morgan fingerprint density at radius 1 is 1.07 bits per heavy atom. The van der Waals surface area contributed by atoms with Crippen LogP contribution in [0.3, 0.4) is 0 Å². The molecule has 5 nitrogen and oxygen atoms in total. The molecule has 0 amide bonds. The third-order valence-corrected chi connectivity index (χ3v) is 5.86. The lowest BCUT2D eigenvalue weighted by molar-refractivity contribution is -0.123. The van der Waals surface area contributed by atoms with Crippen molar-refractivity contribution in [2.75, 3.05) is 5.32 Å². The molecule has 5 rings (SSSR count). The molecule has 6 heteroatoms. The van der Waals surface area contributed by atoms with Crippen LogP contribution in [0.2, 0.25) is 5.02 Å². The molecule has 28 heavy (non-hydrogen) atoms. The standard InChI is InChI=1S/C22H19ClN4O/c1-13-2-4-15(5-3-13)21-20-18(26-22-24-12-25-27(21)22)10-16(11-19(20)28)14-6-8-17(23)9-7-14/h2-10,12,16,20-21H,11H2,1H3,(H,24,25,26)/t16-,20+,21+/m1/s1. The van der Waals surface area contributed by atoms with Crippen LogP contribution in [-0.2, 0) is 4.79 Å². The minimum atomic E-state index is -0.291. The highest BCUT2D eigenvalue weighted by Gasteiger charge is 2.43. The lowest BCUT2D eigenvalue weighted by Gasteiger charge is -2.38. The van der Waals surface area contributed by atoms with Crippen LogP contribution in [0, 0.1) is 12.8 Å². The number of rotatable bonds is 2. The fourth-order valence-corrected chi connectivity index (χ4v) is 4.32. The Morgan fingerprint density at radius 3 is 2.54 bits per heavy atom. The molecular formula is C22H19ClN4O. The number of hydrogen-bond acceptors (Lipinski definition) is 4. The van der Waals surface area contributed by atoms with E-state index in [0.717, 1.165) is 16.8 Å². The predicted octanol–water partition coefficient (Wildman–Crippen LogP) is 4.51. The van der Waals surface area contributed by atoms with E-state index in [1.807, 2.05) is 28.9 Å². The number of nitrogens with one attached hydrogen (secondary N) is 1. The molecule has 1 aliphatic heterocycles. The molecule has 2 aromatic carbocycles. The number of fused-ring (bicyclic) bond motifs is 2. The van der Waals surface area contributed by atoms with Crippen molar-refractivity contribution in [2.45, 2.75) is 25.3 Å². The van der Waals surface area contributed by atoms with Crippen molar-refractivity contribution in [1.29, 1.82) is 0 Å². The molecule has 140 valence electrons. The van der Waals surface area contributed by atoms with Gasteiger partial charge in [0.25, 0.3) is 0 Å². The highest BCUT2D eigenvalue weighted by Crippen LogP contribution is 2.44. The molecule has 3 aromatic rings. The monoisotopic (exact) mass is 390 g/mol. The van der Waals surface area contributed by atoms with Crippen LogP contribution in [0.4, 0.5) is 5.95 Å². The van der Waals surface area contributed by atoms with E-state index in [2.05, 4.69) is 52.7 Å². The number of carbonyl (C=O) groups excluding carboxylic acids is 1. The summed E-state index contributed by atoms with van der Waals surface area (Å²) in [5.74, 6) is 0.603. The number of Topliss-reactive ketones (excluding diaryl/α,β-unsaturated/α-hetero) is 1. The van der Waals surface area contributed by atoms with E-state index in [-0.39, 0.29) is 23.7 Å². The first-order valence-electron chi connectivity index (χ1n) is 9.33. The second-order valence-corrected chi connectivity index (χ2v) is 7.87. The zero-order valence-electron chi connectivity index (χ0n) is 15.3. The number of aryl methyl sites for hydroxylation is 1. The van der Waals surface area contributed by atoms with Gasteiger partial charge in [-0.3, -0.25) is 4.79 Å². The van der Waals surface area contributed by atoms with Gasteiger partial charge in [0.2, 0.25) is 5.95 Å². The Labute approximate surface area is 168 Å². The molecule has 0 fully saturated rings. The van der Waals surface area contributed by atoms with Gasteiger partial charge >= 0.3 is 0 Å². The summed E-state index contributed by atoms with van der Waals surface area (Å²) in [6.45, 7) is 2.06. The number of nitrogens with zero attached hydrogens (tertiary/aromatic N) is 3. The van der Waals surface area contributed by atoms with E-state index in [9.17, 15) is 4.79 Å².